The SMILES string of the molecule is CCCCNS(=O)(=O)C(C(=O)O)C1(O)CCC(CCN2CCN(c3ccncc3)CC2)CC1. The number of unbranched alkanes of at least 4 members (excludes halogenated alkanes) is 1. The number of sulfonamides is 1. The molecule has 10 heteroatoms. The van der Waals surface area contributed by atoms with E-state index in [0.29, 0.717) is 25.2 Å². The van der Waals surface area contributed by atoms with Gasteiger partial charge in [0.1, 0.15) is 0 Å². The Morgan fingerprint density at radius 1 is 1.21 bits per heavy atom. The van der Waals surface area contributed by atoms with E-state index < -0.39 is 26.8 Å². The molecule has 0 amide bonds. The van der Waals surface area contributed by atoms with Crippen LogP contribution < -0.4 is 9.62 Å². The first-order chi connectivity index (χ1) is 15.7. The molecular formula is C23H38N4O5S. The van der Waals surface area contributed by atoms with Gasteiger partial charge in [-0.05, 0) is 63.1 Å². The van der Waals surface area contributed by atoms with Gasteiger partial charge >= 0.3 is 5.97 Å². The second-order valence-corrected chi connectivity index (χ2v) is 11.2. The lowest BCUT2D eigenvalue weighted by atomic mass is 9.76. The highest BCUT2D eigenvalue weighted by Gasteiger charge is 2.51. The van der Waals surface area contributed by atoms with Gasteiger partial charge in [-0.1, -0.05) is 13.3 Å². The number of pyridine rings is 1. The van der Waals surface area contributed by atoms with Crippen LogP contribution in [0.4, 0.5) is 5.69 Å². The lowest BCUT2D eigenvalue weighted by Gasteiger charge is -2.40. The Morgan fingerprint density at radius 2 is 1.85 bits per heavy atom. The van der Waals surface area contributed by atoms with Crippen molar-refractivity contribution in [3.05, 3.63) is 24.5 Å². The lowest BCUT2D eigenvalue weighted by Crippen LogP contribution is -2.56. The number of aromatic nitrogens is 1. The van der Waals surface area contributed by atoms with E-state index in [1.165, 1.54) is 5.69 Å². The molecule has 2 aliphatic rings. The van der Waals surface area contributed by atoms with Gasteiger partial charge in [-0.3, -0.25) is 14.7 Å². The highest BCUT2D eigenvalue weighted by molar-refractivity contribution is 7.91. The van der Waals surface area contributed by atoms with E-state index in [1.807, 2.05) is 31.5 Å². The first-order valence-electron chi connectivity index (χ1n) is 12.1. The molecular weight excluding hydrogens is 444 g/mol. The minimum absolute atomic E-state index is 0.190. The molecule has 3 rings (SSSR count). The summed E-state index contributed by atoms with van der Waals surface area (Å²) in [5.41, 5.74) is -0.528. The summed E-state index contributed by atoms with van der Waals surface area (Å²) in [6, 6.07) is 4.06. The average molecular weight is 483 g/mol. The Kier molecular flexibility index (Phi) is 9.09. The number of aliphatic carboxylic acids is 1. The standard InChI is InChI=1S/C23H38N4O5S/c1-2-3-11-25-33(31,32)21(22(28)29)23(30)9-4-19(5-10-23)8-14-26-15-17-27(18-16-26)20-6-12-24-13-7-20/h6-7,12-13,19,21,25,30H,2-5,8-11,14-18H2,1H3,(H,28,29). The van der Waals surface area contributed by atoms with Gasteiger partial charge in [-0.2, -0.15) is 0 Å². The fourth-order valence-corrected chi connectivity index (χ4v) is 6.68. The van der Waals surface area contributed by atoms with Crippen molar-refractivity contribution in [3.8, 4) is 0 Å². The third-order valence-corrected chi connectivity index (χ3v) is 8.95. The number of piperazine rings is 1. The fourth-order valence-electron chi connectivity index (χ4n) is 5.00. The Hall–Kier alpha value is -1.75. The second-order valence-electron chi connectivity index (χ2n) is 9.38. The van der Waals surface area contributed by atoms with Gasteiger partial charge in [0, 0.05) is 50.8 Å². The third kappa shape index (κ3) is 6.88. The van der Waals surface area contributed by atoms with E-state index >= 15 is 0 Å². The number of nitrogens with one attached hydrogen (secondary N) is 1. The summed E-state index contributed by atoms with van der Waals surface area (Å²) in [6.07, 6.45) is 7.70. The molecule has 0 radical (unpaired) electrons. The maximum absolute atomic E-state index is 12.6. The van der Waals surface area contributed by atoms with Crippen molar-refractivity contribution in [1.82, 2.24) is 14.6 Å². The van der Waals surface area contributed by atoms with Crippen LogP contribution in [0.2, 0.25) is 0 Å². The number of hydrogen-bond acceptors (Lipinski definition) is 7. The number of aliphatic hydroxyl groups is 1. The maximum atomic E-state index is 12.6. The number of carboxylic acids is 1. The van der Waals surface area contributed by atoms with Gasteiger partial charge in [0.2, 0.25) is 15.3 Å². The molecule has 1 saturated carbocycles. The molecule has 3 N–H and O–H groups in total. The number of nitrogens with zero attached hydrogens (tertiary/aromatic N) is 3. The van der Waals surface area contributed by atoms with Gasteiger partial charge in [0.15, 0.2) is 0 Å². The number of carboxylic acid groups (broad SMARTS) is 1. The van der Waals surface area contributed by atoms with Gasteiger partial charge in [-0.25, -0.2) is 13.1 Å². The molecule has 9 nitrogen and oxygen atoms in total. The Bertz CT molecular complexity index is 851. The molecule has 1 aliphatic carbocycles. The van der Waals surface area contributed by atoms with E-state index in [1.54, 1.807) is 0 Å². The van der Waals surface area contributed by atoms with Crippen LogP contribution in [0, 0.1) is 5.92 Å². The largest absolute Gasteiger partial charge is 0.480 e. The van der Waals surface area contributed by atoms with Gasteiger partial charge < -0.3 is 15.1 Å². The van der Waals surface area contributed by atoms with Gasteiger partial charge in [0.05, 0.1) is 5.60 Å². The molecule has 0 aromatic carbocycles. The van der Waals surface area contributed by atoms with Crippen LogP contribution in [0.5, 0.6) is 0 Å². The van der Waals surface area contributed by atoms with Crippen LogP contribution >= 0.6 is 0 Å². The van der Waals surface area contributed by atoms with E-state index in [4.69, 9.17) is 0 Å². The van der Waals surface area contributed by atoms with Crippen LogP contribution in [-0.4, -0.2) is 84.6 Å². The van der Waals surface area contributed by atoms with Crippen LogP contribution in [0.1, 0.15) is 51.9 Å². The molecule has 1 aromatic rings. The van der Waals surface area contributed by atoms with Crippen molar-refractivity contribution in [2.24, 2.45) is 5.92 Å². The molecule has 1 aliphatic heterocycles. The van der Waals surface area contributed by atoms with Crippen molar-refractivity contribution >= 4 is 21.7 Å². The summed E-state index contributed by atoms with van der Waals surface area (Å²) in [5, 5.41) is 18.8. The summed E-state index contributed by atoms with van der Waals surface area (Å²) in [7, 11) is -4.14. The molecule has 2 fully saturated rings. The third-order valence-electron chi connectivity index (χ3n) is 7.08. The number of carbonyl (C=O) groups is 1. The monoisotopic (exact) mass is 482 g/mol. The van der Waals surface area contributed by atoms with Crippen LogP contribution in [0.3, 0.4) is 0 Å². The zero-order chi connectivity index (χ0) is 23.9. The zero-order valence-corrected chi connectivity index (χ0v) is 20.3. The van der Waals surface area contributed by atoms with Crippen molar-refractivity contribution in [3.63, 3.8) is 0 Å². The molecule has 2 heterocycles. The summed E-state index contributed by atoms with van der Waals surface area (Å²) in [4.78, 5) is 20.7. The quantitative estimate of drug-likeness (QED) is 0.407. The molecule has 33 heavy (non-hydrogen) atoms. The van der Waals surface area contributed by atoms with E-state index in [-0.39, 0.29) is 19.4 Å². The van der Waals surface area contributed by atoms with Crippen LogP contribution in [0.25, 0.3) is 0 Å². The van der Waals surface area contributed by atoms with E-state index in [9.17, 15) is 23.4 Å². The fraction of sp³-hybridized carbons (Fsp3) is 0.739. The normalized spacial score (nSPS) is 25.6. The van der Waals surface area contributed by atoms with Crippen molar-refractivity contribution in [1.29, 1.82) is 0 Å². The summed E-state index contributed by atoms with van der Waals surface area (Å²) in [6.45, 7) is 7.00. The first-order valence-corrected chi connectivity index (χ1v) is 13.6. The molecule has 0 spiro atoms. The molecule has 1 aromatic heterocycles. The Labute approximate surface area is 197 Å². The lowest BCUT2D eigenvalue weighted by molar-refractivity contribution is -0.143. The first kappa shape index (κ1) is 25.9. The topological polar surface area (TPSA) is 123 Å². The van der Waals surface area contributed by atoms with Crippen molar-refractivity contribution < 1.29 is 23.4 Å². The van der Waals surface area contributed by atoms with Crippen LogP contribution in [0.15, 0.2) is 24.5 Å². The number of rotatable bonds is 11. The number of anilines is 1. The molecule has 1 atom stereocenters. The molecule has 1 unspecified atom stereocenters. The Balaban J connectivity index is 1.46. The predicted molar refractivity (Wildman–Crippen MR) is 128 cm³/mol. The highest BCUT2D eigenvalue weighted by atomic mass is 32.2. The molecule has 186 valence electrons. The zero-order valence-electron chi connectivity index (χ0n) is 19.5. The van der Waals surface area contributed by atoms with Crippen LogP contribution in [-0.2, 0) is 14.8 Å². The number of hydrogen-bond donors (Lipinski definition) is 3. The minimum Gasteiger partial charge on any atom is -0.480 e. The van der Waals surface area contributed by atoms with E-state index in [0.717, 1.165) is 45.6 Å². The summed E-state index contributed by atoms with van der Waals surface area (Å²) in [5.74, 6) is -1.11. The van der Waals surface area contributed by atoms with Crippen molar-refractivity contribution in [2.45, 2.75) is 62.7 Å². The van der Waals surface area contributed by atoms with Gasteiger partial charge in [-0.15, -0.1) is 0 Å². The smallest absolute Gasteiger partial charge is 0.326 e. The second kappa shape index (κ2) is 11.6. The van der Waals surface area contributed by atoms with Gasteiger partial charge in [0.25, 0.3) is 0 Å². The minimum atomic E-state index is -4.14. The van der Waals surface area contributed by atoms with E-state index in [2.05, 4.69) is 19.5 Å². The molecule has 0 bridgehead atoms. The predicted octanol–water partition coefficient (Wildman–Crippen LogP) is 1.69. The highest BCUT2D eigenvalue weighted by Crippen LogP contribution is 2.38. The summed E-state index contributed by atoms with van der Waals surface area (Å²) >= 11 is 0. The van der Waals surface area contributed by atoms with Crippen molar-refractivity contribution in [2.75, 3.05) is 44.2 Å². The summed E-state index contributed by atoms with van der Waals surface area (Å²) < 4.78 is 27.6. The average Bonchev–Trinajstić information content (AvgIpc) is 2.79. The Morgan fingerprint density at radius 3 is 2.42 bits per heavy atom. The molecule has 1 saturated heterocycles. The maximum Gasteiger partial charge on any atom is 0.326 e.